The number of rotatable bonds is 8. The third kappa shape index (κ3) is 12.0. The van der Waals surface area contributed by atoms with Crippen molar-refractivity contribution in [2.45, 2.75) is 102 Å². The molecule has 2 nitrogen and oxygen atoms in total. The van der Waals surface area contributed by atoms with Crippen LogP contribution in [0.1, 0.15) is 115 Å². The minimum absolute atomic E-state index is 0.632. The van der Waals surface area contributed by atoms with Crippen LogP contribution in [-0.4, -0.2) is 0 Å². The zero-order valence-electron chi connectivity index (χ0n) is 31.5. The first-order valence-electron chi connectivity index (χ1n) is 17.5. The van der Waals surface area contributed by atoms with Crippen LogP contribution >= 0.6 is 11.3 Å². The van der Waals surface area contributed by atoms with Crippen molar-refractivity contribution in [2.75, 3.05) is 0 Å². The average molecular weight is 657 g/mol. The van der Waals surface area contributed by atoms with Crippen LogP contribution < -0.4 is 0 Å². The number of nitrogens with zero attached hydrogens (tertiary/aromatic N) is 2. The van der Waals surface area contributed by atoms with Crippen LogP contribution in [0, 0.1) is 36.5 Å². The highest BCUT2D eigenvalue weighted by Gasteiger charge is 2.14. The molecule has 0 atom stereocenters. The number of benzene rings is 2. The summed E-state index contributed by atoms with van der Waals surface area (Å²) in [6.45, 7) is 24.6. The van der Waals surface area contributed by atoms with Gasteiger partial charge in [-0.3, -0.25) is 0 Å². The van der Waals surface area contributed by atoms with Crippen LogP contribution in [0.4, 0.5) is 0 Å². The number of thiophene rings is 1. The molecule has 4 rings (SSSR count). The van der Waals surface area contributed by atoms with Gasteiger partial charge in [0.2, 0.25) is 0 Å². The lowest BCUT2D eigenvalue weighted by Crippen LogP contribution is -1.98. The van der Waals surface area contributed by atoms with Gasteiger partial charge in [0, 0.05) is 9.75 Å². The Bertz CT molecular complexity index is 1750. The Morgan fingerprint density at radius 1 is 0.771 bits per heavy atom. The fourth-order valence-electron chi connectivity index (χ4n) is 5.08. The molecule has 0 saturated carbocycles. The first-order chi connectivity index (χ1) is 23.2. The molecule has 252 valence electrons. The molecule has 1 aromatic heterocycles. The first kappa shape index (κ1) is 41.6. The summed E-state index contributed by atoms with van der Waals surface area (Å²) in [4.78, 5) is 2.23. The van der Waals surface area contributed by atoms with E-state index in [2.05, 4.69) is 113 Å². The van der Waals surface area contributed by atoms with E-state index in [9.17, 15) is 10.5 Å². The molecule has 3 aromatic rings. The van der Waals surface area contributed by atoms with E-state index in [1.165, 1.54) is 32.7 Å². The molecule has 0 radical (unpaired) electrons. The predicted octanol–water partition coefficient (Wildman–Crippen LogP) is 14.2. The highest BCUT2D eigenvalue weighted by atomic mass is 32.1. The highest BCUT2D eigenvalue weighted by Crippen LogP contribution is 2.33. The third-order valence-corrected chi connectivity index (χ3v) is 8.82. The van der Waals surface area contributed by atoms with Gasteiger partial charge in [0.1, 0.15) is 0 Å². The van der Waals surface area contributed by atoms with E-state index in [0.29, 0.717) is 11.1 Å². The second-order valence-corrected chi connectivity index (χ2v) is 12.2. The lowest BCUT2D eigenvalue weighted by Gasteiger charge is -2.13. The second-order valence-electron chi connectivity index (χ2n) is 11.1. The summed E-state index contributed by atoms with van der Waals surface area (Å²) in [5.74, 6) is 0. The summed E-state index contributed by atoms with van der Waals surface area (Å²) in [5.41, 5.74) is 12.6. The molecule has 3 heteroatoms. The van der Waals surface area contributed by atoms with E-state index in [0.717, 1.165) is 52.0 Å². The van der Waals surface area contributed by atoms with Gasteiger partial charge in [0.25, 0.3) is 0 Å². The number of hydrogen-bond donors (Lipinski definition) is 0. The zero-order chi connectivity index (χ0) is 36.2. The summed E-state index contributed by atoms with van der Waals surface area (Å²) < 4.78 is 0. The summed E-state index contributed by atoms with van der Waals surface area (Å²) in [7, 11) is 0. The Balaban J connectivity index is 0.00000182. The summed E-state index contributed by atoms with van der Waals surface area (Å²) in [6.07, 6.45) is 15.5. The molecule has 0 unspecified atom stereocenters. The van der Waals surface area contributed by atoms with Crippen LogP contribution in [-0.2, 0) is 6.42 Å². The van der Waals surface area contributed by atoms with Crippen LogP contribution in [0.2, 0.25) is 0 Å². The SMILES string of the molecule is CC.CC.CC.CCc1cc(/C(C#N)=C/C(C)=C/C=C(\C)C2=CC=C(C)CC2)c(C)cc1/C(C#N)=C/c1ccc(-c2ccc(C)cc2)s1. The Morgan fingerprint density at radius 2 is 1.42 bits per heavy atom. The van der Waals surface area contributed by atoms with Gasteiger partial charge < -0.3 is 0 Å². The molecule has 0 amide bonds. The largest absolute Gasteiger partial charge is 0.192 e. The molecule has 1 aliphatic rings. The molecule has 0 N–H and O–H groups in total. The number of aryl methyl sites for hydroxylation is 3. The highest BCUT2D eigenvalue weighted by molar-refractivity contribution is 7.16. The molecule has 0 aliphatic heterocycles. The third-order valence-electron chi connectivity index (χ3n) is 7.73. The number of allylic oxidation sites excluding steroid dienone is 11. The normalized spacial score (nSPS) is 13.2. The topological polar surface area (TPSA) is 47.6 Å². The zero-order valence-corrected chi connectivity index (χ0v) is 32.3. The van der Waals surface area contributed by atoms with Gasteiger partial charge in [-0.05, 0) is 135 Å². The van der Waals surface area contributed by atoms with Gasteiger partial charge in [-0.2, -0.15) is 10.5 Å². The second kappa shape index (κ2) is 22.2. The van der Waals surface area contributed by atoms with Crippen LogP contribution in [0.25, 0.3) is 27.7 Å². The fraction of sp³-hybridized carbons (Fsp3) is 0.333. The maximum Gasteiger partial charge on any atom is 0.0998 e. The van der Waals surface area contributed by atoms with Crippen molar-refractivity contribution >= 4 is 28.6 Å². The maximum atomic E-state index is 10.2. The van der Waals surface area contributed by atoms with Crippen molar-refractivity contribution in [3.8, 4) is 22.6 Å². The summed E-state index contributed by atoms with van der Waals surface area (Å²) in [5, 5.41) is 20.3. The van der Waals surface area contributed by atoms with Crippen LogP contribution in [0.3, 0.4) is 0 Å². The molecular weight excluding hydrogens is 601 g/mol. The predicted molar refractivity (Wildman–Crippen MR) is 215 cm³/mol. The Morgan fingerprint density at radius 3 is 1.98 bits per heavy atom. The average Bonchev–Trinajstić information content (AvgIpc) is 3.60. The van der Waals surface area contributed by atoms with Gasteiger partial charge in [-0.15, -0.1) is 11.3 Å². The fourth-order valence-corrected chi connectivity index (χ4v) is 6.04. The number of nitriles is 2. The lowest BCUT2D eigenvalue weighted by atomic mass is 9.90. The van der Waals surface area contributed by atoms with Crippen molar-refractivity contribution in [1.82, 2.24) is 0 Å². The Labute approximate surface area is 296 Å². The van der Waals surface area contributed by atoms with Gasteiger partial charge in [-0.25, -0.2) is 0 Å². The monoisotopic (exact) mass is 656 g/mol. The van der Waals surface area contributed by atoms with E-state index in [1.54, 1.807) is 11.3 Å². The van der Waals surface area contributed by atoms with Crippen molar-refractivity contribution in [3.05, 3.63) is 134 Å². The van der Waals surface area contributed by atoms with E-state index in [-0.39, 0.29) is 0 Å². The molecule has 48 heavy (non-hydrogen) atoms. The van der Waals surface area contributed by atoms with Gasteiger partial charge in [-0.1, -0.05) is 108 Å². The Hall–Kier alpha value is -4.44. The van der Waals surface area contributed by atoms with Crippen molar-refractivity contribution < 1.29 is 0 Å². The van der Waals surface area contributed by atoms with Crippen LogP contribution in [0.5, 0.6) is 0 Å². The molecular formula is C45H56N2S. The molecule has 0 bridgehead atoms. The van der Waals surface area contributed by atoms with E-state index in [4.69, 9.17) is 0 Å². The summed E-state index contributed by atoms with van der Waals surface area (Å²) in [6, 6.07) is 21.7. The van der Waals surface area contributed by atoms with Crippen molar-refractivity contribution in [3.63, 3.8) is 0 Å². The minimum Gasteiger partial charge on any atom is -0.192 e. The van der Waals surface area contributed by atoms with Gasteiger partial charge in [0.15, 0.2) is 0 Å². The quantitative estimate of drug-likeness (QED) is 0.179. The van der Waals surface area contributed by atoms with Crippen molar-refractivity contribution in [2.24, 2.45) is 0 Å². The molecule has 1 aliphatic carbocycles. The van der Waals surface area contributed by atoms with E-state index >= 15 is 0 Å². The standard InChI is InChI=1S/C39H38N2S.3C2H6/c1-7-31-23-37(34(24-40)20-28(4)8-13-29(5)32-14-9-26(2)10-15-32)30(6)21-38(31)35(25-41)22-36-18-19-39(42-36)33-16-11-27(3)12-17-33;3*1-2/h8-9,11-14,16-23H,7,10,15H2,1-6H3;3*1-2H3/b28-8+,29-13+,34-20+,35-22+;;;. The smallest absolute Gasteiger partial charge is 0.0998 e. The first-order valence-corrected chi connectivity index (χ1v) is 18.3. The van der Waals surface area contributed by atoms with Gasteiger partial charge >= 0.3 is 0 Å². The molecule has 0 saturated heterocycles. The molecule has 0 spiro atoms. The van der Waals surface area contributed by atoms with Crippen LogP contribution in [0.15, 0.2) is 101 Å². The summed E-state index contributed by atoms with van der Waals surface area (Å²) >= 11 is 1.69. The minimum atomic E-state index is 0.632. The lowest BCUT2D eigenvalue weighted by molar-refractivity contribution is 0.912. The van der Waals surface area contributed by atoms with E-state index < -0.39 is 0 Å². The number of hydrogen-bond acceptors (Lipinski definition) is 3. The van der Waals surface area contributed by atoms with E-state index in [1.807, 2.05) is 67.5 Å². The van der Waals surface area contributed by atoms with Gasteiger partial charge in [0.05, 0.1) is 23.3 Å². The maximum absolute atomic E-state index is 10.2. The van der Waals surface area contributed by atoms with Crippen molar-refractivity contribution in [1.29, 1.82) is 10.5 Å². The molecule has 1 heterocycles. The molecule has 0 fully saturated rings. The Kier molecular flexibility index (Phi) is 19.2. The molecule has 2 aromatic carbocycles.